The normalized spacial score (nSPS) is 18.8. The number of hydrogen-bond donors (Lipinski definition) is 1. The Bertz CT molecular complexity index is 520. The van der Waals surface area contributed by atoms with Crippen molar-refractivity contribution in [3.8, 4) is 0 Å². The molecule has 220 valence electrons. The van der Waals surface area contributed by atoms with Crippen molar-refractivity contribution in [3.05, 3.63) is 0 Å². The van der Waals surface area contributed by atoms with Crippen molar-refractivity contribution in [2.24, 2.45) is 23.7 Å². The SMILES string of the molecule is CCCCCCCCC(CCCCCCCCCCC1CC1CCCCCCC(C)C(=O)O)CN(C)C. The number of aliphatic carboxylic acids is 1. The molecule has 1 aliphatic carbocycles. The quantitative estimate of drug-likeness (QED) is 0.104. The van der Waals surface area contributed by atoms with Gasteiger partial charge < -0.3 is 10.0 Å². The van der Waals surface area contributed by atoms with E-state index in [2.05, 4.69) is 25.9 Å². The van der Waals surface area contributed by atoms with Gasteiger partial charge in [-0.05, 0) is 57.5 Å². The van der Waals surface area contributed by atoms with Crippen LogP contribution in [0.25, 0.3) is 0 Å². The lowest BCUT2D eigenvalue weighted by atomic mass is 9.93. The maximum atomic E-state index is 10.9. The third-order valence-electron chi connectivity index (χ3n) is 8.98. The van der Waals surface area contributed by atoms with Crippen molar-refractivity contribution in [2.45, 2.75) is 168 Å². The molecule has 0 saturated heterocycles. The zero-order chi connectivity index (χ0) is 27.1. The zero-order valence-electron chi connectivity index (χ0n) is 25.8. The molecule has 0 bridgehead atoms. The third-order valence-corrected chi connectivity index (χ3v) is 8.98. The Labute approximate surface area is 232 Å². The highest BCUT2D eigenvalue weighted by Crippen LogP contribution is 2.45. The number of hydrogen-bond acceptors (Lipinski definition) is 2. The molecule has 4 unspecified atom stereocenters. The molecule has 0 aromatic rings. The first-order chi connectivity index (χ1) is 17.9. The standard InChI is InChI=1S/C34H67NO2/c1-5-6-7-8-13-19-24-31(29-35(3)4)25-20-14-11-9-10-12-15-21-26-32-28-33(32)27-22-17-16-18-23-30(2)34(36)37/h30-33H,5-29H2,1-4H3,(H,36,37). The molecule has 0 radical (unpaired) electrons. The van der Waals surface area contributed by atoms with Crippen LogP contribution in [0, 0.1) is 23.7 Å². The smallest absolute Gasteiger partial charge is 0.306 e. The molecule has 3 heteroatoms. The van der Waals surface area contributed by atoms with Gasteiger partial charge in [0.15, 0.2) is 0 Å². The molecule has 37 heavy (non-hydrogen) atoms. The summed E-state index contributed by atoms with van der Waals surface area (Å²) in [5, 5.41) is 8.94. The van der Waals surface area contributed by atoms with Gasteiger partial charge in [-0.15, -0.1) is 0 Å². The van der Waals surface area contributed by atoms with Crippen LogP contribution < -0.4 is 0 Å². The zero-order valence-corrected chi connectivity index (χ0v) is 25.8. The fraction of sp³-hybridized carbons (Fsp3) is 0.971. The van der Waals surface area contributed by atoms with Crippen LogP contribution in [-0.2, 0) is 4.79 Å². The molecule has 1 saturated carbocycles. The topological polar surface area (TPSA) is 40.5 Å². The van der Waals surface area contributed by atoms with Crippen molar-refractivity contribution in [2.75, 3.05) is 20.6 Å². The first-order valence-corrected chi connectivity index (χ1v) is 16.8. The Morgan fingerprint density at radius 2 is 1.08 bits per heavy atom. The van der Waals surface area contributed by atoms with E-state index in [0.717, 1.165) is 30.6 Å². The van der Waals surface area contributed by atoms with Crippen molar-refractivity contribution in [1.29, 1.82) is 0 Å². The number of rotatable bonds is 28. The number of carboxylic acids is 1. The largest absolute Gasteiger partial charge is 0.481 e. The van der Waals surface area contributed by atoms with Crippen LogP contribution in [0.5, 0.6) is 0 Å². The molecule has 1 rings (SSSR count). The average Bonchev–Trinajstić information content (AvgIpc) is 3.61. The predicted molar refractivity (Wildman–Crippen MR) is 162 cm³/mol. The molecule has 0 aromatic carbocycles. The Balaban J connectivity index is 1.87. The highest BCUT2D eigenvalue weighted by molar-refractivity contribution is 5.69. The van der Waals surface area contributed by atoms with E-state index in [0.29, 0.717) is 0 Å². The van der Waals surface area contributed by atoms with Gasteiger partial charge in [0, 0.05) is 6.54 Å². The molecule has 1 aliphatic rings. The fourth-order valence-electron chi connectivity index (χ4n) is 6.31. The minimum atomic E-state index is -0.640. The van der Waals surface area contributed by atoms with Gasteiger partial charge in [-0.25, -0.2) is 0 Å². The van der Waals surface area contributed by atoms with Gasteiger partial charge in [-0.1, -0.05) is 142 Å². The Morgan fingerprint density at radius 3 is 1.51 bits per heavy atom. The minimum Gasteiger partial charge on any atom is -0.481 e. The predicted octanol–water partition coefficient (Wildman–Crippen LogP) is 10.5. The van der Waals surface area contributed by atoms with Gasteiger partial charge in [-0.3, -0.25) is 4.79 Å². The maximum absolute atomic E-state index is 10.9. The van der Waals surface area contributed by atoms with Gasteiger partial charge in [0.05, 0.1) is 5.92 Å². The first-order valence-electron chi connectivity index (χ1n) is 16.8. The van der Waals surface area contributed by atoms with E-state index in [-0.39, 0.29) is 5.92 Å². The molecule has 4 atom stereocenters. The molecule has 0 aromatic heterocycles. The lowest BCUT2D eigenvalue weighted by molar-refractivity contribution is -0.141. The summed E-state index contributed by atoms with van der Waals surface area (Å²) < 4.78 is 0. The second-order valence-electron chi connectivity index (χ2n) is 13.1. The molecule has 0 amide bonds. The summed E-state index contributed by atoms with van der Waals surface area (Å²) in [4.78, 5) is 13.3. The molecule has 3 nitrogen and oxygen atoms in total. The highest BCUT2D eigenvalue weighted by Gasteiger charge is 2.35. The summed E-state index contributed by atoms with van der Waals surface area (Å²) in [6.45, 7) is 5.42. The van der Waals surface area contributed by atoms with E-state index < -0.39 is 5.97 Å². The maximum Gasteiger partial charge on any atom is 0.306 e. The van der Waals surface area contributed by atoms with Crippen LogP contribution >= 0.6 is 0 Å². The van der Waals surface area contributed by atoms with Crippen molar-refractivity contribution in [3.63, 3.8) is 0 Å². The molecule has 0 heterocycles. The monoisotopic (exact) mass is 522 g/mol. The second kappa shape index (κ2) is 23.3. The second-order valence-corrected chi connectivity index (χ2v) is 13.1. The number of carboxylic acid groups (broad SMARTS) is 1. The molecular formula is C34H67NO2. The third kappa shape index (κ3) is 21.0. The van der Waals surface area contributed by atoms with Gasteiger partial charge in [0.1, 0.15) is 0 Å². The van der Waals surface area contributed by atoms with Crippen molar-refractivity contribution in [1.82, 2.24) is 4.90 Å². The fourth-order valence-corrected chi connectivity index (χ4v) is 6.31. The highest BCUT2D eigenvalue weighted by atomic mass is 16.4. The van der Waals surface area contributed by atoms with E-state index in [4.69, 9.17) is 5.11 Å². The molecule has 1 N–H and O–H groups in total. The van der Waals surface area contributed by atoms with E-state index >= 15 is 0 Å². The molecule has 0 aliphatic heterocycles. The summed E-state index contributed by atoms with van der Waals surface area (Å²) in [5.74, 6) is 2.17. The number of unbranched alkanes of at least 4 members (excludes halogenated alkanes) is 15. The van der Waals surface area contributed by atoms with E-state index in [1.54, 1.807) is 0 Å². The molecule has 0 spiro atoms. The van der Waals surface area contributed by atoms with Crippen molar-refractivity contribution < 1.29 is 9.90 Å². The van der Waals surface area contributed by atoms with Crippen LogP contribution in [-0.4, -0.2) is 36.6 Å². The van der Waals surface area contributed by atoms with Crippen LogP contribution in [0.3, 0.4) is 0 Å². The lowest BCUT2D eigenvalue weighted by Crippen LogP contribution is -2.21. The van der Waals surface area contributed by atoms with E-state index in [9.17, 15) is 4.79 Å². The summed E-state index contributed by atoms with van der Waals surface area (Å²) in [5.41, 5.74) is 0. The van der Waals surface area contributed by atoms with Crippen LogP contribution in [0.2, 0.25) is 0 Å². The van der Waals surface area contributed by atoms with E-state index in [1.807, 2.05) is 6.92 Å². The molecular weight excluding hydrogens is 454 g/mol. The van der Waals surface area contributed by atoms with Gasteiger partial charge in [0.2, 0.25) is 0 Å². The lowest BCUT2D eigenvalue weighted by Gasteiger charge is -2.21. The first kappa shape index (κ1) is 34.5. The van der Waals surface area contributed by atoms with Crippen LogP contribution in [0.1, 0.15) is 168 Å². The van der Waals surface area contributed by atoms with Crippen LogP contribution in [0.4, 0.5) is 0 Å². The van der Waals surface area contributed by atoms with Crippen molar-refractivity contribution >= 4 is 5.97 Å². The van der Waals surface area contributed by atoms with Gasteiger partial charge >= 0.3 is 5.97 Å². The summed E-state index contributed by atoms with van der Waals surface area (Å²) in [7, 11) is 4.49. The Morgan fingerprint density at radius 1 is 0.676 bits per heavy atom. The summed E-state index contributed by atoms with van der Waals surface area (Å²) in [6, 6.07) is 0. The van der Waals surface area contributed by atoms with E-state index in [1.165, 1.54) is 148 Å². The average molecular weight is 522 g/mol. The minimum absolute atomic E-state index is 0.168. The van der Waals surface area contributed by atoms with Gasteiger partial charge in [0.25, 0.3) is 0 Å². The Kier molecular flexibility index (Phi) is 21.7. The molecule has 1 fully saturated rings. The summed E-state index contributed by atoms with van der Waals surface area (Å²) >= 11 is 0. The number of carbonyl (C=O) groups is 1. The van der Waals surface area contributed by atoms with Crippen LogP contribution in [0.15, 0.2) is 0 Å². The van der Waals surface area contributed by atoms with Gasteiger partial charge in [-0.2, -0.15) is 0 Å². The Hall–Kier alpha value is -0.570. The summed E-state index contributed by atoms with van der Waals surface area (Å²) in [6.07, 6.45) is 33.2. The number of nitrogens with zero attached hydrogens (tertiary/aromatic N) is 1.